The summed E-state index contributed by atoms with van der Waals surface area (Å²) in [5, 5.41) is 3.37. The van der Waals surface area contributed by atoms with Crippen LogP contribution in [0.1, 0.15) is 31.2 Å². The summed E-state index contributed by atoms with van der Waals surface area (Å²) in [4.78, 5) is 28.1. The van der Waals surface area contributed by atoms with Gasteiger partial charge in [-0.2, -0.15) is 0 Å². The molecule has 1 amide bonds. The lowest BCUT2D eigenvalue weighted by atomic mass is 10.1. The van der Waals surface area contributed by atoms with E-state index in [2.05, 4.69) is 44.1 Å². The number of rotatable bonds is 5. The predicted octanol–water partition coefficient (Wildman–Crippen LogP) is 2.97. The van der Waals surface area contributed by atoms with E-state index in [4.69, 9.17) is 4.42 Å². The van der Waals surface area contributed by atoms with Crippen molar-refractivity contribution < 1.29 is 9.21 Å². The van der Waals surface area contributed by atoms with Gasteiger partial charge in [-0.3, -0.25) is 14.7 Å². The van der Waals surface area contributed by atoms with E-state index < -0.39 is 0 Å². The van der Waals surface area contributed by atoms with E-state index >= 15 is 0 Å². The van der Waals surface area contributed by atoms with E-state index in [0.717, 1.165) is 69.4 Å². The lowest BCUT2D eigenvalue weighted by Gasteiger charge is -2.39. The molecular weight excluding hydrogens is 531 g/mol. The van der Waals surface area contributed by atoms with Crippen molar-refractivity contribution in [1.82, 2.24) is 25.0 Å². The van der Waals surface area contributed by atoms with Gasteiger partial charge in [0.2, 0.25) is 11.8 Å². The summed E-state index contributed by atoms with van der Waals surface area (Å²) < 4.78 is 5.92. The van der Waals surface area contributed by atoms with E-state index in [1.165, 1.54) is 5.56 Å². The Hall–Kier alpha value is -2.14. The van der Waals surface area contributed by atoms with Gasteiger partial charge >= 0.3 is 0 Å². The smallest absolute Gasteiger partial charge is 0.239 e. The monoisotopic (exact) mass is 566 g/mol. The Morgan fingerprint density at radius 2 is 1.76 bits per heavy atom. The van der Waals surface area contributed by atoms with Crippen LogP contribution in [-0.4, -0.2) is 83.9 Å². The number of hydrogen-bond donors (Lipinski definition) is 1. The maximum atomic E-state index is 12.7. The fourth-order valence-electron chi connectivity index (χ4n) is 4.41. The van der Waals surface area contributed by atoms with Gasteiger partial charge in [0.25, 0.3) is 0 Å². The summed E-state index contributed by atoms with van der Waals surface area (Å²) in [6.45, 7) is 9.75. The summed E-state index contributed by atoms with van der Waals surface area (Å²) in [5.74, 6) is 2.50. The number of nitrogens with one attached hydrogen (secondary N) is 1. The zero-order chi connectivity index (χ0) is 22.5. The Morgan fingerprint density at radius 1 is 1.09 bits per heavy atom. The number of nitrogens with zero attached hydrogens (tertiary/aromatic N) is 5. The molecule has 3 heterocycles. The third-order valence-electron chi connectivity index (χ3n) is 6.44. The van der Waals surface area contributed by atoms with E-state index in [1.54, 1.807) is 13.2 Å². The summed E-state index contributed by atoms with van der Waals surface area (Å²) in [6.07, 6.45) is 4.03. The number of carbonyl (C=O) groups is 1. The number of halogens is 1. The van der Waals surface area contributed by atoms with Gasteiger partial charge in [-0.1, -0.05) is 29.8 Å². The molecule has 4 rings (SSSR count). The topological polar surface area (TPSA) is 77.2 Å². The first kappa shape index (κ1) is 25.5. The number of aromatic nitrogens is 1. The summed E-state index contributed by atoms with van der Waals surface area (Å²) in [5.41, 5.74) is 2.24. The number of likely N-dealkylation sites (tertiary alicyclic amines) is 1. The quantitative estimate of drug-likeness (QED) is 0.341. The molecule has 180 valence electrons. The first-order valence-corrected chi connectivity index (χ1v) is 11.6. The SMILES string of the molecule is CN=C(NCc1ncc(-c2ccc(C)cc2)o1)N1CCN(C(C)C(=O)N2CCCC2)CC1.I. The third kappa shape index (κ3) is 6.26. The highest BCUT2D eigenvalue weighted by Crippen LogP contribution is 2.21. The van der Waals surface area contributed by atoms with Crippen LogP contribution in [0, 0.1) is 6.92 Å². The third-order valence-corrected chi connectivity index (χ3v) is 6.44. The molecule has 0 radical (unpaired) electrons. The van der Waals surface area contributed by atoms with E-state index in [-0.39, 0.29) is 35.9 Å². The lowest BCUT2D eigenvalue weighted by molar-refractivity contribution is -0.135. The van der Waals surface area contributed by atoms with Crippen LogP contribution < -0.4 is 5.32 Å². The normalized spacial score (nSPS) is 18.2. The molecule has 1 atom stereocenters. The molecule has 0 aliphatic carbocycles. The average molecular weight is 566 g/mol. The molecule has 1 aromatic carbocycles. The Kier molecular flexibility index (Phi) is 9.13. The Balaban J connectivity index is 0.00000306. The molecule has 2 aromatic rings. The maximum absolute atomic E-state index is 12.7. The van der Waals surface area contributed by atoms with Gasteiger partial charge in [-0.15, -0.1) is 24.0 Å². The molecule has 0 spiro atoms. The van der Waals surface area contributed by atoms with Crippen molar-refractivity contribution in [3.8, 4) is 11.3 Å². The molecule has 8 nitrogen and oxygen atoms in total. The van der Waals surface area contributed by atoms with Crippen LogP contribution in [0.3, 0.4) is 0 Å². The fourth-order valence-corrected chi connectivity index (χ4v) is 4.41. The number of carbonyl (C=O) groups excluding carboxylic acids is 1. The van der Waals surface area contributed by atoms with E-state index in [1.807, 2.05) is 24.0 Å². The van der Waals surface area contributed by atoms with Crippen molar-refractivity contribution in [3.05, 3.63) is 41.9 Å². The van der Waals surface area contributed by atoms with Gasteiger partial charge in [0.1, 0.15) is 0 Å². The molecule has 2 fully saturated rings. The summed E-state index contributed by atoms with van der Waals surface area (Å²) in [7, 11) is 1.79. The van der Waals surface area contributed by atoms with Crippen LogP contribution in [0.25, 0.3) is 11.3 Å². The van der Waals surface area contributed by atoms with E-state index in [9.17, 15) is 4.79 Å². The highest BCUT2D eigenvalue weighted by atomic mass is 127. The van der Waals surface area contributed by atoms with Crippen molar-refractivity contribution in [2.45, 2.75) is 39.3 Å². The Morgan fingerprint density at radius 3 is 2.39 bits per heavy atom. The number of piperazine rings is 1. The molecule has 9 heteroatoms. The highest BCUT2D eigenvalue weighted by Gasteiger charge is 2.30. The van der Waals surface area contributed by atoms with Gasteiger partial charge in [0.05, 0.1) is 18.8 Å². The molecule has 33 heavy (non-hydrogen) atoms. The van der Waals surface area contributed by atoms with Crippen LogP contribution in [0.5, 0.6) is 0 Å². The van der Waals surface area contributed by atoms with Crippen molar-refractivity contribution in [1.29, 1.82) is 0 Å². The molecule has 1 unspecified atom stereocenters. The number of amides is 1. The van der Waals surface area contributed by atoms with Crippen LogP contribution in [-0.2, 0) is 11.3 Å². The Labute approximate surface area is 213 Å². The highest BCUT2D eigenvalue weighted by molar-refractivity contribution is 14.0. The van der Waals surface area contributed by atoms with Crippen molar-refractivity contribution in [2.75, 3.05) is 46.3 Å². The fraction of sp³-hybridized carbons (Fsp3) is 0.542. The molecule has 1 aromatic heterocycles. The second kappa shape index (κ2) is 11.8. The average Bonchev–Trinajstić information content (AvgIpc) is 3.52. The number of aryl methyl sites for hydroxylation is 1. The van der Waals surface area contributed by atoms with E-state index in [0.29, 0.717) is 12.4 Å². The van der Waals surface area contributed by atoms with Gasteiger partial charge < -0.3 is 19.5 Å². The Bertz CT molecular complexity index is 931. The molecule has 2 saturated heterocycles. The lowest BCUT2D eigenvalue weighted by Crippen LogP contribution is -2.57. The molecule has 0 bridgehead atoms. The second-order valence-corrected chi connectivity index (χ2v) is 8.62. The van der Waals surface area contributed by atoms with Crippen molar-refractivity contribution in [2.24, 2.45) is 4.99 Å². The summed E-state index contributed by atoms with van der Waals surface area (Å²) in [6, 6.07) is 8.16. The standard InChI is InChI=1S/C24H34N6O2.HI/c1-18-6-8-20(9-7-18)21-16-26-22(32-21)17-27-24(25-3)30-14-12-28(13-15-30)19(2)23(31)29-10-4-5-11-29;/h6-9,16,19H,4-5,10-15,17H2,1-3H3,(H,25,27);1H. The summed E-state index contributed by atoms with van der Waals surface area (Å²) >= 11 is 0. The zero-order valence-corrected chi connectivity index (χ0v) is 22.1. The van der Waals surface area contributed by atoms with Gasteiger partial charge in [-0.05, 0) is 26.7 Å². The van der Waals surface area contributed by atoms with Crippen molar-refractivity contribution in [3.63, 3.8) is 0 Å². The van der Waals surface area contributed by atoms with Gasteiger partial charge in [0.15, 0.2) is 11.7 Å². The van der Waals surface area contributed by atoms with Crippen LogP contribution in [0.4, 0.5) is 0 Å². The zero-order valence-electron chi connectivity index (χ0n) is 19.8. The minimum absolute atomic E-state index is 0. The van der Waals surface area contributed by atoms with Gasteiger partial charge in [0, 0.05) is 51.9 Å². The molecule has 1 N–H and O–H groups in total. The first-order valence-electron chi connectivity index (χ1n) is 11.6. The minimum Gasteiger partial charge on any atom is -0.439 e. The van der Waals surface area contributed by atoms with Crippen LogP contribution in [0.15, 0.2) is 39.9 Å². The minimum atomic E-state index is -0.0576. The number of hydrogen-bond acceptors (Lipinski definition) is 5. The first-order chi connectivity index (χ1) is 15.5. The van der Waals surface area contributed by atoms with Crippen LogP contribution >= 0.6 is 24.0 Å². The molecule has 2 aliphatic rings. The molecule has 2 aliphatic heterocycles. The molecular formula is C24H35IN6O2. The number of benzene rings is 1. The van der Waals surface area contributed by atoms with Crippen LogP contribution in [0.2, 0.25) is 0 Å². The van der Waals surface area contributed by atoms with Crippen molar-refractivity contribution >= 4 is 35.8 Å². The number of aliphatic imine (C=N–C) groups is 1. The molecule has 0 saturated carbocycles. The maximum Gasteiger partial charge on any atom is 0.239 e. The van der Waals surface area contributed by atoms with Gasteiger partial charge in [-0.25, -0.2) is 4.98 Å². The number of guanidine groups is 1. The second-order valence-electron chi connectivity index (χ2n) is 8.62. The predicted molar refractivity (Wildman–Crippen MR) is 141 cm³/mol. The largest absolute Gasteiger partial charge is 0.439 e. The number of oxazole rings is 1.